The van der Waals surface area contributed by atoms with Crippen molar-refractivity contribution in [3.8, 4) is 11.5 Å². The van der Waals surface area contributed by atoms with Gasteiger partial charge < -0.3 is 19.8 Å². The summed E-state index contributed by atoms with van der Waals surface area (Å²) in [5.41, 5.74) is 0.882. The second-order valence-corrected chi connectivity index (χ2v) is 8.68. The van der Waals surface area contributed by atoms with Crippen molar-refractivity contribution in [2.75, 3.05) is 25.5 Å². The molecule has 0 atom stereocenters. The second-order valence-electron chi connectivity index (χ2n) is 6.48. The molecule has 3 rings (SSSR count). The average molecular weight is 448 g/mol. The minimum Gasteiger partial charge on any atom is -0.490 e. The minimum atomic E-state index is -0.173. The first-order chi connectivity index (χ1) is 14.5. The predicted octanol–water partition coefficient (Wildman–Crippen LogP) is 3.54. The molecule has 0 fully saturated rings. The van der Waals surface area contributed by atoms with Crippen LogP contribution in [0, 0.1) is 6.92 Å². The van der Waals surface area contributed by atoms with Gasteiger partial charge in [-0.2, -0.15) is 0 Å². The number of H-pyrrole nitrogens is 1. The lowest BCUT2D eigenvalue weighted by Crippen LogP contribution is -2.27. The van der Waals surface area contributed by atoms with Crippen molar-refractivity contribution >= 4 is 39.2 Å². The highest BCUT2D eigenvalue weighted by molar-refractivity contribution is 7.99. The molecule has 0 aliphatic carbocycles. The van der Waals surface area contributed by atoms with Crippen molar-refractivity contribution < 1.29 is 14.3 Å². The number of hydrogen-bond acceptors (Lipinski definition) is 7. The van der Waals surface area contributed by atoms with Crippen molar-refractivity contribution in [2.24, 2.45) is 0 Å². The molecule has 7 nitrogen and oxygen atoms in total. The standard InChI is InChI=1S/C21H25N3O4S2/c1-4-27-16-7-6-14(11-17(16)28-5-2)8-9-22-18(25)12-29-21-23-19(26)15-10-13(3)30-20(15)24-21/h6-7,10-11H,4-5,8-9,12H2,1-3H3,(H,22,25)(H,23,24,26). The Hall–Kier alpha value is -2.52. The van der Waals surface area contributed by atoms with Crippen molar-refractivity contribution in [3.05, 3.63) is 45.1 Å². The summed E-state index contributed by atoms with van der Waals surface area (Å²) in [7, 11) is 0. The van der Waals surface area contributed by atoms with E-state index in [1.54, 1.807) is 0 Å². The quantitative estimate of drug-likeness (QED) is 0.365. The van der Waals surface area contributed by atoms with Gasteiger partial charge in [-0.3, -0.25) is 9.59 Å². The summed E-state index contributed by atoms with van der Waals surface area (Å²) in [6.07, 6.45) is 0.679. The van der Waals surface area contributed by atoms with E-state index in [1.807, 2.05) is 45.0 Å². The van der Waals surface area contributed by atoms with Crippen LogP contribution < -0.4 is 20.3 Å². The van der Waals surface area contributed by atoms with E-state index in [0.717, 1.165) is 16.2 Å². The van der Waals surface area contributed by atoms with Crippen LogP contribution in [0.2, 0.25) is 0 Å². The molecule has 0 saturated heterocycles. The third kappa shape index (κ3) is 5.76. The van der Waals surface area contributed by atoms with Gasteiger partial charge in [-0.05, 0) is 51.0 Å². The Morgan fingerprint density at radius 2 is 1.97 bits per heavy atom. The molecule has 1 amide bonds. The smallest absolute Gasteiger partial charge is 0.260 e. The number of fused-ring (bicyclic) bond motifs is 1. The van der Waals surface area contributed by atoms with Gasteiger partial charge in [0, 0.05) is 11.4 Å². The monoisotopic (exact) mass is 447 g/mol. The first-order valence-electron chi connectivity index (χ1n) is 9.78. The summed E-state index contributed by atoms with van der Waals surface area (Å²) in [5.74, 6) is 1.52. The highest BCUT2D eigenvalue weighted by atomic mass is 32.2. The lowest BCUT2D eigenvalue weighted by Gasteiger charge is -2.12. The summed E-state index contributed by atoms with van der Waals surface area (Å²) >= 11 is 2.69. The molecule has 2 N–H and O–H groups in total. The average Bonchev–Trinajstić information content (AvgIpc) is 3.09. The van der Waals surface area contributed by atoms with Gasteiger partial charge in [0.15, 0.2) is 16.7 Å². The zero-order valence-electron chi connectivity index (χ0n) is 17.2. The molecule has 0 bridgehead atoms. The molecule has 9 heteroatoms. The molecule has 0 spiro atoms. The van der Waals surface area contributed by atoms with E-state index < -0.39 is 0 Å². The number of carbonyl (C=O) groups is 1. The normalized spacial score (nSPS) is 10.9. The van der Waals surface area contributed by atoms with Crippen LogP contribution in [0.4, 0.5) is 0 Å². The number of thioether (sulfide) groups is 1. The summed E-state index contributed by atoms with van der Waals surface area (Å²) < 4.78 is 11.2. The number of aromatic nitrogens is 2. The van der Waals surface area contributed by atoms with Crippen LogP contribution in [0.1, 0.15) is 24.3 Å². The molecule has 0 radical (unpaired) electrons. The van der Waals surface area contributed by atoms with Crippen LogP contribution in [-0.4, -0.2) is 41.4 Å². The van der Waals surface area contributed by atoms with Gasteiger partial charge >= 0.3 is 0 Å². The van der Waals surface area contributed by atoms with Gasteiger partial charge in [-0.25, -0.2) is 4.98 Å². The number of rotatable bonds is 10. The first-order valence-corrected chi connectivity index (χ1v) is 11.6. The third-order valence-electron chi connectivity index (χ3n) is 4.19. The van der Waals surface area contributed by atoms with E-state index in [2.05, 4.69) is 15.3 Å². The number of nitrogens with one attached hydrogen (secondary N) is 2. The first kappa shape index (κ1) is 22.2. The molecule has 160 valence electrons. The fourth-order valence-electron chi connectivity index (χ4n) is 2.88. The zero-order chi connectivity index (χ0) is 21.5. The molecule has 0 aliphatic heterocycles. The molecule has 0 aliphatic rings. The highest BCUT2D eigenvalue weighted by Crippen LogP contribution is 2.28. The molecule has 2 heterocycles. The minimum absolute atomic E-state index is 0.110. The maximum Gasteiger partial charge on any atom is 0.260 e. The fourth-order valence-corrected chi connectivity index (χ4v) is 4.51. The number of thiophene rings is 1. The molecule has 1 aromatic carbocycles. The van der Waals surface area contributed by atoms with E-state index >= 15 is 0 Å². The Morgan fingerprint density at radius 3 is 2.73 bits per heavy atom. The topological polar surface area (TPSA) is 93.3 Å². The Balaban J connectivity index is 1.50. The van der Waals surface area contributed by atoms with Crippen LogP contribution >= 0.6 is 23.1 Å². The predicted molar refractivity (Wildman–Crippen MR) is 121 cm³/mol. The third-order valence-corrected chi connectivity index (χ3v) is 6.01. The maximum atomic E-state index is 12.2. The summed E-state index contributed by atoms with van der Waals surface area (Å²) in [6.45, 7) is 7.44. The molecular weight excluding hydrogens is 422 g/mol. The maximum absolute atomic E-state index is 12.2. The summed E-state index contributed by atoms with van der Waals surface area (Å²) in [6, 6.07) is 7.64. The number of aromatic amines is 1. The number of carbonyl (C=O) groups excluding carboxylic acids is 1. The van der Waals surface area contributed by atoms with Gasteiger partial charge in [0.05, 0.1) is 24.4 Å². The fraction of sp³-hybridized carbons (Fsp3) is 0.381. The van der Waals surface area contributed by atoms with Crippen LogP contribution in [0.25, 0.3) is 10.2 Å². The van der Waals surface area contributed by atoms with Crippen molar-refractivity contribution in [2.45, 2.75) is 32.3 Å². The van der Waals surface area contributed by atoms with E-state index in [-0.39, 0.29) is 17.2 Å². The molecule has 0 unspecified atom stereocenters. The van der Waals surface area contributed by atoms with Gasteiger partial charge in [0.2, 0.25) is 5.91 Å². The summed E-state index contributed by atoms with van der Waals surface area (Å²) in [5, 5.41) is 3.95. The Labute approximate surface area is 183 Å². The number of ether oxygens (including phenoxy) is 2. The van der Waals surface area contributed by atoms with Gasteiger partial charge in [0.1, 0.15) is 4.83 Å². The van der Waals surface area contributed by atoms with Crippen molar-refractivity contribution in [1.82, 2.24) is 15.3 Å². The number of aryl methyl sites for hydroxylation is 1. The van der Waals surface area contributed by atoms with Gasteiger partial charge in [-0.1, -0.05) is 17.8 Å². The van der Waals surface area contributed by atoms with Crippen LogP contribution in [0.5, 0.6) is 11.5 Å². The second kappa shape index (κ2) is 10.5. The lowest BCUT2D eigenvalue weighted by molar-refractivity contribution is -0.118. The Morgan fingerprint density at radius 1 is 1.20 bits per heavy atom. The number of benzene rings is 1. The van der Waals surface area contributed by atoms with Crippen molar-refractivity contribution in [3.63, 3.8) is 0 Å². The van der Waals surface area contributed by atoms with E-state index in [9.17, 15) is 9.59 Å². The Bertz CT molecular complexity index is 1080. The molecular formula is C21H25N3O4S2. The van der Waals surface area contributed by atoms with Crippen LogP contribution in [0.15, 0.2) is 34.2 Å². The lowest BCUT2D eigenvalue weighted by atomic mass is 10.1. The highest BCUT2D eigenvalue weighted by Gasteiger charge is 2.10. The largest absolute Gasteiger partial charge is 0.490 e. The molecule has 2 aromatic heterocycles. The molecule has 30 heavy (non-hydrogen) atoms. The van der Waals surface area contributed by atoms with Crippen LogP contribution in [-0.2, 0) is 11.2 Å². The summed E-state index contributed by atoms with van der Waals surface area (Å²) in [4.78, 5) is 33.2. The van der Waals surface area contributed by atoms with E-state index in [4.69, 9.17) is 9.47 Å². The van der Waals surface area contributed by atoms with Gasteiger partial charge in [-0.15, -0.1) is 11.3 Å². The van der Waals surface area contributed by atoms with Gasteiger partial charge in [0.25, 0.3) is 5.56 Å². The zero-order valence-corrected chi connectivity index (χ0v) is 18.9. The number of amides is 1. The van der Waals surface area contributed by atoms with E-state index in [0.29, 0.717) is 47.3 Å². The molecule has 0 saturated carbocycles. The number of hydrogen-bond donors (Lipinski definition) is 2. The Kier molecular flexibility index (Phi) is 7.75. The van der Waals surface area contributed by atoms with Crippen LogP contribution in [0.3, 0.4) is 0 Å². The number of nitrogens with zero attached hydrogens (tertiary/aromatic N) is 1. The van der Waals surface area contributed by atoms with E-state index in [1.165, 1.54) is 23.1 Å². The SMILES string of the molecule is CCOc1ccc(CCNC(=O)CSc2nc3sc(C)cc3c(=O)[nH]2)cc1OCC. The van der Waals surface area contributed by atoms with Crippen molar-refractivity contribution in [1.29, 1.82) is 0 Å². The molecule has 3 aromatic rings.